The number of halogens is 1. The highest BCUT2D eigenvalue weighted by atomic mass is 79.9. The minimum absolute atomic E-state index is 0.155. The van der Waals surface area contributed by atoms with Crippen LogP contribution in [0.5, 0.6) is 0 Å². The van der Waals surface area contributed by atoms with Crippen molar-refractivity contribution in [1.82, 2.24) is 20.3 Å². The van der Waals surface area contributed by atoms with Crippen LogP contribution >= 0.6 is 15.9 Å². The van der Waals surface area contributed by atoms with Gasteiger partial charge in [0.2, 0.25) is 0 Å². The third-order valence-electron chi connectivity index (χ3n) is 2.42. The van der Waals surface area contributed by atoms with Crippen LogP contribution in [0.15, 0.2) is 34.9 Å². The zero-order valence-electron chi connectivity index (χ0n) is 10.8. The van der Waals surface area contributed by atoms with E-state index in [1.54, 1.807) is 12.1 Å². The molecule has 110 valence electrons. The van der Waals surface area contributed by atoms with Crippen molar-refractivity contribution in [1.29, 1.82) is 0 Å². The number of aliphatic carboxylic acids is 1. The highest BCUT2D eigenvalue weighted by Gasteiger charge is 2.06. The summed E-state index contributed by atoms with van der Waals surface area (Å²) in [6, 6.07) is 6.75. The number of anilines is 1. The van der Waals surface area contributed by atoms with Crippen LogP contribution in [-0.2, 0) is 17.9 Å². The molecule has 0 aliphatic rings. The number of amides is 2. The van der Waals surface area contributed by atoms with E-state index in [1.807, 2.05) is 12.1 Å². The molecule has 0 fully saturated rings. The second-order valence-electron chi connectivity index (χ2n) is 4.12. The fourth-order valence-electron chi connectivity index (χ4n) is 1.51. The van der Waals surface area contributed by atoms with Crippen LogP contribution in [0.2, 0.25) is 0 Å². The number of carboxylic acid groups (broad SMARTS) is 1. The number of carboxylic acids is 1. The first-order chi connectivity index (χ1) is 10.0. The summed E-state index contributed by atoms with van der Waals surface area (Å²) in [5.74, 6) is -1.01. The van der Waals surface area contributed by atoms with Gasteiger partial charge in [-0.3, -0.25) is 4.79 Å². The molecule has 0 aliphatic carbocycles. The van der Waals surface area contributed by atoms with Gasteiger partial charge in [-0.2, -0.15) is 0 Å². The lowest BCUT2D eigenvalue weighted by Crippen LogP contribution is -2.28. The highest BCUT2D eigenvalue weighted by Crippen LogP contribution is 2.13. The first kappa shape index (κ1) is 15.0. The van der Waals surface area contributed by atoms with Gasteiger partial charge < -0.3 is 15.7 Å². The van der Waals surface area contributed by atoms with Crippen LogP contribution in [0.3, 0.4) is 0 Å². The quantitative estimate of drug-likeness (QED) is 0.753. The van der Waals surface area contributed by atoms with Crippen LogP contribution in [0, 0.1) is 0 Å². The smallest absolute Gasteiger partial charge is 0.325 e. The molecule has 9 heteroatoms. The average Bonchev–Trinajstić information content (AvgIpc) is 2.86. The maximum atomic E-state index is 11.7. The third kappa shape index (κ3) is 4.88. The molecule has 1 heterocycles. The van der Waals surface area contributed by atoms with Crippen molar-refractivity contribution in [2.45, 2.75) is 13.1 Å². The number of hydrogen-bond donors (Lipinski definition) is 3. The highest BCUT2D eigenvalue weighted by molar-refractivity contribution is 9.10. The molecular weight excluding hydrogens is 342 g/mol. The maximum absolute atomic E-state index is 11.7. The fraction of sp³-hybridized carbons (Fsp3) is 0.167. The number of carbonyl (C=O) groups is 2. The number of aromatic nitrogens is 3. The Hall–Kier alpha value is -2.42. The summed E-state index contributed by atoms with van der Waals surface area (Å²) < 4.78 is 2.11. The Labute approximate surface area is 128 Å². The van der Waals surface area contributed by atoms with Crippen molar-refractivity contribution in [3.8, 4) is 0 Å². The van der Waals surface area contributed by atoms with Gasteiger partial charge in [-0.25, -0.2) is 9.48 Å². The van der Waals surface area contributed by atoms with Gasteiger partial charge in [0, 0.05) is 10.2 Å². The number of carbonyl (C=O) groups excluding carboxylic acids is 1. The van der Waals surface area contributed by atoms with E-state index in [9.17, 15) is 9.59 Å². The number of hydrogen-bond acceptors (Lipinski definition) is 4. The Balaban J connectivity index is 1.82. The molecule has 0 saturated heterocycles. The average molecular weight is 354 g/mol. The lowest BCUT2D eigenvalue weighted by molar-refractivity contribution is -0.137. The Morgan fingerprint density at radius 1 is 1.29 bits per heavy atom. The van der Waals surface area contributed by atoms with E-state index in [0.717, 1.165) is 4.47 Å². The van der Waals surface area contributed by atoms with Crippen molar-refractivity contribution >= 4 is 33.6 Å². The molecule has 0 bridgehead atoms. The zero-order valence-corrected chi connectivity index (χ0v) is 12.4. The fourth-order valence-corrected chi connectivity index (χ4v) is 1.78. The summed E-state index contributed by atoms with van der Waals surface area (Å²) in [6.45, 7) is -0.111. The van der Waals surface area contributed by atoms with Gasteiger partial charge >= 0.3 is 12.0 Å². The number of nitrogens with zero attached hydrogens (tertiary/aromatic N) is 3. The third-order valence-corrected chi connectivity index (χ3v) is 2.94. The monoisotopic (exact) mass is 353 g/mol. The van der Waals surface area contributed by atoms with Crippen LogP contribution in [0.1, 0.15) is 5.69 Å². The predicted molar refractivity (Wildman–Crippen MR) is 77.7 cm³/mol. The second kappa shape index (κ2) is 6.84. The molecule has 2 rings (SSSR count). The van der Waals surface area contributed by atoms with Crippen LogP contribution in [-0.4, -0.2) is 32.1 Å². The first-order valence-electron chi connectivity index (χ1n) is 5.94. The molecule has 21 heavy (non-hydrogen) atoms. The normalized spacial score (nSPS) is 10.1. The number of nitrogens with one attached hydrogen (secondary N) is 2. The van der Waals surface area contributed by atoms with E-state index in [4.69, 9.17) is 5.11 Å². The number of urea groups is 1. The van der Waals surface area contributed by atoms with E-state index in [-0.39, 0.29) is 19.1 Å². The van der Waals surface area contributed by atoms with E-state index in [2.05, 4.69) is 36.9 Å². The van der Waals surface area contributed by atoms with E-state index >= 15 is 0 Å². The SMILES string of the molecule is O=C(O)Cn1cc(CNC(=O)Nc2ccc(Br)cc2)nn1. The summed E-state index contributed by atoms with van der Waals surface area (Å²) in [7, 11) is 0. The molecule has 2 aromatic rings. The molecule has 8 nitrogen and oxygen atoms in total. The summed E-state index contributed by atoms with van der Waals surface area (Å²) >= 11 is 3.30. The van der Waals surface area contributed by atoms with Crippen LogP contribution < -0.4 is 10.6 Å². The number of rotatable bonds is 5. The molecule has 2 amide bonds. The predicted octanol–water partition coefficient (Wildman–Crippen LogP) is 1.45. The largest absolute Gasteiger partial charge is 0.480 e. The molecule has 0 radical (unpaired) electrons. The van der Waals surface area contributed by atoms with Crippen LogP contribution in [0.4, 0.5) is 10.5 Å². The minimum Gasteiger partial charge on any atom is -0.480 e. The molecule has 1 aromatic carbocycles. The van der Waals surface area contributed by atoms with E-state index in [0.29, 0.717) is 11.4 Å². The number of benzene rings is 1. The Morgan fingerprint density at radius 3 is 2.67 bits per heavy atom. The van der Waals surface area contributed by atoms with Crippen molar-refractivity contribution in [3.05, 3.63) is 40.6 Å². The van der Waals surface area contributed by atoms with Gasteiger partial charge in [-0.15, -0.1) is 5.10 Å². The zero-order chi connectivity index (χ0) is 15.2. The van der Waals surface area contributed by atoms with Crippen molar-refractivity contribution in [3.63, 3.8) is 0 Å². The van der Waals surface area contributed by atoms with Crippen molar-refractivity contribution < 1.29 is 14.7 Å². The Bertz CT molecular complexity index is 641. The lowest BCUT2D eigenvalue weighted by Gasteiger charge is -2.06. The topological polar surface area (TPSA) is 109 Å². The molecule has 0 atom stereocenters. The van der Waals surface area contributed by atoms with Gasteiger partial charge in [-0.1, -0.05) is 21.1 Å². The molecule has 1 aromatic heterocycles. The molecule has 3 N–H and O–H groups in total. The first-order valence-corrected chi connectivity index (χ1v) is 6.73. The van der Waals surface area contributed by atoms with E-state index < -0.39 is 5.97 Å². The van der Waals surface area contributed by atoms with E-state index in [1.165, 1.54) is 10.9 Å². The summed E-state index contributed by atoms with van der Waals surface area (Å²) in [6.07, 6.45) is 1.47. The molecular formula is C12H12BrN5O3. The van der Waals surface area contributed by atoms with Gasteiger partial charge in [0.15, 0.2) is 0 Å². The molecule has 0 saturated carbocycles. The second-order valence-corrected chi connectivity index (χ2v) is 5.03. The standard InChI is InChI=1S/C12H12BrN5O3/c13-8-1-3-9(4-2-8)15-12(21)14-5-10-6-18(17-16-10)7-11(19)20/h1-4,6H,5,7H2,(H,19,20)(H2,14,15,21). The summed E-state index contributed by atoms with van der Waals surface area (Å²) in [5.41, 5.74) is 1.13. The van der Waals surface area contributed by atoms with Crippen LogP contribution in [0.25, 0.3) is 0 Å². The van der Waals surface area contributed by atoms with Gasteiger partial charge in [0.05, 0.1) is 12.7 Å². The summed E-state index contributed by atoms with van der Waals surface area (Å²) in [5, 5.41) is 21.3. The maximum Gasteiger partial charge on any atom is 0.325 e. The van der Waals surface area contributed by atoms with Crippen molar-refractivity contribution in [2.24, 2.45) is 0 Å². The Morgan fingerprint density at radius 2 is 2.00 bits per heavy atom. The minimum atomic E-state index is -1.01. The molecule has 0 aliphatic heterocycles. The van der Waals surface area contributed by atoms with Gasteiger partial charge in [0.25, 0.3) is 0 Å². The molecule has 0 unspecified atom stereocenters. The lowest BCUT2D eigenvalue weighted by atomic mass is 10.3. The van der Waals surface area contributed by atoms with Gasteiger partial charge in [-0.05, 0) is 24.3 Å². The summed E-state index contributed by atoms with van der Waals surface area (Å²) in [4.78, 5) is 22.2. The Kier molecular flexibility index (Phi) is 4.88. The van der Waals surface area contributed by atoms with Gasteiger partial charge in [0.1, 0.15) is 12.2 Å². The van der Waals surface area contributed by atoms with Crippen molar-refractivity contribution in [2.75, 3.05) is 5.32 Å². The molecule has 0 spiro atoms.